The van der Waals surface area contributed by atoms with Crippen LogP contribution in [0.2, 0.25) is 0 Å². The van der Waals surface area contributed by atoms with Gasteiger partial charge in [-0.05, 0) is 50.1 Å². The molecule has 0 heterocycles. The second-order valence-corrected chi connectivity index (χ2v) is 6.21. The first-order valence-electron chi connectivity index (χ1n) is 8.78. The van der Waals surface area contributed by atoms with Gasteiger partial charge < -0.3 is 19.5 Å². The van der Waals surface area contributed by atoms with Gasteiger partial charge in [0.25, 0.3) is 5.91 Å². The van der Waals surface area contributed by atoms with Crippen LogP contribution in [-0.2, 0) is 0 Å². The minimum absolute atomic E-state index is 0.00299. The summed E-state index contributed by atoms with van der Waals surface area (Å²) in [5.74, 6) is 1.72. The van der Waals surface area contributed by atoms with Crippen LogP contribution in [0.15, 0.2) is 42.5 Å². The van der Waals surface area contributed by atoms with E-state index in [4.69, 9.17) is 14.2 Å². The van der Waals surface area contributed by atoms with Crippen molar-refractivity contribution in [3.63, 3.8) is 0 Å². The molecule has 0 saturated carbocycles. The van der Waals surface area contributed by atoms with E-state index >= 15 is 0 Å². The van der Waals surface area contributed by atoms with Crippen LogP contribution in [-0.4, -0.2) is 26.2 Å². The molecule has 0 bridgehead atoms. The molecule has 0 saturated heterocycles. The minimum atomic E-state index is -0.164. The highest BCUT2D eigenvalue weighted by atomic mass is 16.5. The van der Waals surface area contributed by atoms with Crippen LogP contribution in [0, 0.1) is 0 Å². The molecule has 0 aliphatic heterocycles. The molecule has 0 aliphatic carbocycles. The summed E-state index contributed by atoms with van der Waals surface area (Å²) in [5, 5.41) is 3.09. The van der Waals surface area contributed by atoms with Gasteiger partial charge >= 0.3 is 0 Å². The van der Waals surface area contributed by atoms with Gasteiger partial charge in [0, 0.05) is 0 Å². The van der Waals surface area contributed by atoms with Gasteiger partial charge in [0.2, 0.25) is 0 Å². The van der Waals surface area contributed by atoms with Crippen LogP contribution in [0.3, 0.4) is 0 Å². The van der Waals surface area contributed by atoms with Gasteiger partial charge in [-0.25, -0.2) is 0 Å². The predicted octanol–water partition coefficient (Wildman–Crippen LogP) is 4.37. The van der Waals surface area contributed by atoms with Crippen molar-refractivity contribution in [3.8, 4) is 17.2 Å². The van der Waals surface area contributed by atoms with Gasteiger partial charge in [0.15, 0.2) is 11.5 Å². The Labute approximate surface area is 155 Å². The lowest BCUT2D eigenvalue weighted by atomic mass is 10.0. The van der Waals surface area contributed by atoms with E-state index in [1.165, 1.54) is 0 Å². The van der Waals surface area contributed by atoms with Gasteiger partial charge in [-0.15, -0.1) is 0 Å². The molecule has 2 aromatic carbocycles. The normalized spacial score (nSPS) is 11.8. The largest absolute Gasteiger partial charge is 0.493 e. The lowest BCUT2D eigenvalue weighted by Crippen LogP contribution is -2.28. The van der Waals surface area contributed by atoms with E-state index in [0.29, 0.717) is 22.8 Å². The lowest BCUT2D eigenvalue weighted by molar-refractivity contribution is 0.0929. The second-order valence-electron chi connectivity index (χ2n) is 6.21. The number of para-hydroxylation sites is 1. The van der Waals surface area contributed by atoms with Crippen molar-refractivity contribution >= 4 is 5.91 Å². The first-order valence-corrected chi connectivity index (χ1v) is 8.78. The highest BCUT2D eigenvalue weighted by Gasteiger charge is 2.19. The van der Waals surface area contributed by atoms with Crippen molar-refractivity contribution in [3.05, 3.63) is 53.6 Å². The Balaban J connectivity index is 2.24. The molecule has 1 amide bonds. The Morgan fingerprint density at radius 3 is 2.31 bits per heavy atom. The van der Waals surface area contributed by atoms with Gasteiger partial charge in [0.1, 0.15) is 5.75 Å². The van der Waals surface area contributed by atoms with Crippen LogP contribution in [0.5, 0.6) is 17.2 Å². The van der Waals surface area contributed by atoms with Crippen molar-refractivity contribution in [2.75, 3.05) is 14.2 Å². The quantitative estimate of drug-likeness (QED) is 0.762. The van der Waals surface area contributed by atoms with Crippen LogP contribution in [0.25, 0.3) is 0 Å². The number of amides is 1. The fourth-order valence-corrected chi connectivity index (χ4v) is 2.74. The minimum Gasteiger partial charge on any atom is -0.493 e. The zero-order chi connectivity index (χ0) is 19.1. The number of carbonyl (C=O) groups excluding carboxylic acids is 1. The zero-order valence-corrected chi connectivity index (χ0v) is 16.0. The standard InChI is InChI=1S/C21H27NO4/c1-6-17(15-11-12-19(24-4)20(13-15)25-5)22-21(23)16-9-7-8-10-18(16)26-14(2)3/h7-14,17H,6H2,1-5H3,(H,22,23). The van der Waals surface area contributed by atoms with E-state index in [-0.39, 0.29) is 18.1 Å². The van der Waals surface area contributed by atoms with Gasteiger partial charge in [-0.3, -0.25) is 4.79 Å². The maximum atomic E-state index is 12.8. The Kier molecular flexibility index (Phi) is 6.89. The third-order valence-corrected chi connectivity index (χ3v) is 4.02. The fraction of sp³-hybridized carbons (Fsp3) is 0.381. The molecule has 5 heteroatoms. The Morgan fingerprint density at radius 1 is 1.00 bits per heavy atom. The van der Waals surface area contributed by atoms with Gasteiger partial charge in [-0.2, -0.15) is 0 Å². The first-order chi connectivity index (χ1) is 12.5. The number of nitrogens with one attached hydrogen (secondary N) is 1. The number of hydrogen-bond acceptors (Lipinski definition) is 4. The Bertz CT molecular complexity index is 743. The molecule has 140 valence electrons. The van der Waals surface area contributed by atoms with E-state index in [9.17, 15) is 4.79 Å². The highest BCUT2D eigenvalue weighted by Crippen LogP contribution is 2.31. The summed E-state index contributed by atoms with van der Waals surface area (Å²) >= 11 is 0. The van der Waals surface area contributed by atoms with Crippen LogP contribution in [0.1, 0.15) is 49.2 Å². The SMILES string of the molecule is CCC(NC(=O)c1ccccc1OC(C)C)c1ccc(OC)c(OC)c1. The van der Waals surface area contributed by atoms with Gasteiger partial charge in [-0.1, -0.05) is 25.1 Å². The molecule has 0 radical (unpaired) electrons. The molecular formula is C21H27NO4. The first kappa shape index (κ1) is 19.6. The average molecular weight is 357 g/mol. The zero-order valence-electron chi connectivity index (χ0n) is 16.0. The summed E-state index contributed by atoms with van der Waals surface area (Å²) in [5.41, 5.74) is 1.49. The molecule has 2 rings (SSSR count). The maximum Gasteiger partial charge on any atom is 0.255 e. The van der Waals surface area contributed by atoms with E-state index in [1.54, 1.807) is 20.3 Å². The number of methoxy groups -OCH3 is 2. The summed E-state index contributed by atoms with van der Waals surface area (Å²) < 4.78 is 16.4. The molecule has 1 N–H and O–H groups in total. The smallest absolute Gasteiger partial charge is 0.255 e. The number of ether oxygens (including phenoxy) is 3. The highest BCUT2D eigenvalue weighted by molar-refractivity contribution is 5.97. The third-order valence-electron chi connectivity index (χ3n) is 4.02. The summed E-state index contributed by atoms with van der Waals surface area (Å²) in [6.07, 6.45) is 0.741. The summed E-state index contributed by atoms with van der Waals surface area (Å²) in [4.78, 5) is 12.8. The van der Waals surface area contributed by atoms with E-state index in [0.717, 1.165) is 12.0 Å². The van der Waals surface area contributed by atoms with Crippen LogP contribution in [0.4, 0.5) is 0 Å². The molecule has 1 unspecified atom stereocenters. The lowest BCUT2D eigenvalue weighted by Gasteiger charge is -2.20. The maximum absolute atomic E-state index is 12.8. The van der Waals surface area contributed by atoms with Crippen molar-refractivity contribution in [1.82, 2.24) is 5.32 Å². The van der Waals surface area contributed by atoms with Crippen LogP contribution < -0.4 is 19.5 Å². The molecule has 5 nitrogen and oxygen atoms in total. The number of rotatable bonds is 8. The Morgan fingerprint density at radius 2 is 1.69 bits per heavy atom. The number of hydrogen-bond donors (Lipinski definition) is 1. The van der Waals surface area contributed by atoms with E-state index in [1.807, 2.05) is 57.2 Å². The van der Waals surface area contributed by atoms with Crippen molar-refractivity contribution in [1.29, 1.82) is 0 Å². The molecular weight excluding hydrogens is 330 g/mol. The third kappa shape index (κ3) is 4.69. The molecule has 0 spiro atoms. The summed E-state index contributed by atoms with van der Waals surface area (Å²) in [7, 11) is 3.20. The van der Waals surface area contributed by atoms with E-state index < -0.39 is 0 Å². The van der Waals surface area contributed by atoms with Crippen LogP contribution >= 0.6 is 0 Å². The summed E-state index contributed by atoms with van der Waals surface area (Å²) in [6.45, 7) is 5.90. The number of benzene rings is 2. The molecule has 0 aliphatic rings. The topological polar surface area (TPSA) is 56.8 Å². The Hall–Kier alpha value is -2.69. The molecule has 0 fully saturated rings. The molecule has 0 aromatic heterocycles. The monoisotopic (exact) mass is 357 g/mol. The fourth-order valence-electron chi connectivity index (χ4n) is 2.74. The van der Waals surface area contributed by atoms with Crippen molar-refractivity contribution in [2.45, 2.75) is 39.3 Å². The number of carbonyl (C=O) groups is 1. The molecule has 1 atom stereocenters. The van der Waals surface area contributed by atoms with Crippen molar-refractivity contribution in [2.24, 2.45) is 0 Å². The van der Waals surface area contributed by atoms with E-state index in [2.05, 4.69) is 5.32 Å². The van der Waals surface area contributed by atoms with Crippen molar-refractivity contribution < 1.29 is 19.0 Å². The predicted molar refractivity (Wildman–Crippen MR) is 102 cm³/mol. The molecule has 2 aromatic rings. The summed E-state index contributed by atoms with van der Waals surface area (Å²) in [6, 6.07) is 12.8. The van der Waals surface area contributed by atoms with Gasteiger partial charge in [0.05, 0.1) is 31.9 Å². The second kappa shape index (κ2) is 9.13. The average Bonchev–Trinajstić information content (AvgIpc) is 2.65. The molecule has 26 heavy (non-hydrogen) atoms.